The Morgan fingerprint density at radius 3 is 2.61 bits per heavy atom. The number of hydrogen-bond donors (Lipinski definition) is 0. The molecule has 0 amide bonds. The maximum Gasteiger partial charge on any atom is 0.218 e. The van der Waals surface area contributed by atoms with E-state index in [1.807, 2.05) is 53.5 Å². The highest BCUT2D eigenvalue weighted by atomic mass is 79.9. The second-order valence-electron chi connectivity index (χ2n) is 6.80. The molecule has 3 nitrogen and oxygen atoms in total. The van der Waals surface area contributed by atoms with Gasteiger partial charge in [-0.15, -0.1) is 0 Å². The minimum absolute atomic E-state index is 0.0377. The summed E-state index contributed by atoms with van der Waals surface area (Å²) in [6.45, 7) is 0. The summed E-state index contributed by atoms with van der Waals surface area (Å²) >= 11 is 9.82. The Hall–Kier alpha value is -2.37. The van der Waals surface area contributed by atoms with Crippen molar-refractivity contribution in [3.8, 4) is 5.75 Å². The second kappa shape index (κ2) is 6.90. The summed E-state index contributed by atoms with van der Waals surface area (Å²) in [5.41, 5.74) is 3.33. The summed E-state index contributed by atoms with van der Waals surface area (Å²) in [5, 5.41) is 7.00. The van der Waals surface area contributed by atoms with Crippen molar-refractivity contribution >= 4 is 33.2 Å². The van der Waals surface area contributed by atoms with E-state index in [-0.39, 0.29) is 6.04 Å². The lowest BCUT2D eigenvalue weighted by molar-refractivity contribution is -0.0211. The molecule has 0 radical (unpaired) electrons. The van der Waals surface area contributed by atoms with Crippen LogP contribution in [-0.4, -0.2) is 10.7 Å². The predicted octanol–water partition coefficient (Wildman–Crippen LogP) is 6.48. The van der Waals surface area contributed by atoms with E-state index in [0.717, 1.165) is 27.1 Å². The quantitative estimate of drug-likeness (QED) is 0.440. The first-order valence-corrected chi connectivity index (χ1v) is 10.1. The fourth-order valence-corrected chi connectivity index (χ4v) is 4.31. The van der Waals surface area contributed by atoms with Crippen molar-refractivity contribution in [3.63, 3.8) is 0 Å². The molecule has 0 fully saturated rings. The van der Waals surface area contributed by atoms with Crippen molar-refractivity contribution in [3.05, 3.63) is 98.7 Å². The van der Waals surface area contributed by atoms with Crippen LogP contribution in [-0.2, 0) is 0 Å². The number of benzene rings is 3. The van der Waals surface area contributed by atoms with Crippen LogP contribution in [0.5, 0.6) is 5.75 Å². The largest absolute Gasteiger partial charge is 0.464 e. The standard InChI is InChI=1S/C22H15BrClFN2O/c23-14-10-8-13(9-11-14)18-12-19-15-4-1-2-7-20(15)28-22(27(19)26-18)21-16(24)5-3-6-17(21)25/h1-11,19,22H,12H2. The number of nitrogens with zero attached hydrogens (tertiary/aromatic N) is 2. The molecule has 0 aromatic heterocycles. The lowest BCUT2D eigenvalue weighted by Gasteiger charge is -2.38. The Bertz CT molecular complexity index is 1070. The van der Waals surface area contributed by atoms with E-state index in [1.165, 1.54) is 6.07 Å². The number of rotatable bonds is 2. The van der Waals surface area contributed by atoms with Crippen LogP contribution in [0.15, 0.2) is 76.3 Å². The molecule has 2 atom stereocenters. The maximum atomic E-state index is 14.7. The van der Waals surface area contributed by atoms with E-state index in [4.69, 9.17) is 21.4 Å². The van der Waals surface area contributed by atoms with Gasteiger partial charge < -0.3 is 4.74 Å². The molecule has 2 unspecified atom stereocenters. The molecule has 140 valence electrons. The summed E-state index contributed by atoms with van der Waals surface area (Å²) in [6, 6.07) is 20.5. The van der Waals surface area contributed by atoms with Crippen molar-refractivity contribution in [1.82, 2.24) is 5.01 Å². The second-order valence-corrected chi connectivity index (χ2v) is 8.12. The van der Waals surface area contributed by atoms with Crippen LogP contribution in [0.1, 0.15) is 35.4 Å². The molecule has 6 heteroatoms. The van der Waals surface area contributed by atoms with Gasteiger partial charge in [0.2, 0.25) is 6.23 Å². The average molecular weight is 458 g/mol. The number of hydrazone groups is 1. The summed E-state index contributed by atoms with van der Waals surface area (Å²) in [4.78, 5) is 0. The van der Waals surface area contributed by atoms with Crippen molar-refractivity contribution in [2.75, 3.05) is 0 Å². The topological polar surface area (TPSA) is 24.8 Å². The first-order valence-electron chi connectivity index (χ1n) is 8.93. The monoisotopic (exact) mass is 456 g/mol. The zero-order valence-corrected chi connectivity index (χ0v) is 17.0. The van der Waals surface area contributed by atoms with Crippen molar-refractivity contribution in [2.24, 2.45) is 5.10 Å². The van der Waals surface area contributed by atoms with E-state index in [0.29, 0.717) is 17.0 Å². The highest BCUT2D eigenvalue weighted by Crippen LogP contribution is 2.48. The van der Waals surface area contributed by atoms with Crippen LogP contribution in [0.2, 0.25) is 5.02 Å². The average Bonchev–Trinajstić information content (AvgIpc) is 3.14. The predicted molar refractivity (Wildman–Crippen MR) is 111 cm³/mol. The van der Waals surface area contributed by atoms with Gasteiger partial charge >= 0.3 is 0 Å². The van der Waals surface area contributed by atoms with Crippen LogP contribution in [0.25, 0.3) is 0 Å². The first kappa shape index (κ1) is 17.7. The highest BCUT2D eigenvalue weighted by Gasteiger charge is 2.42. The van der Waals surface area contributed by atoms with Crippen LogP contribution in [0, 0.1) is 5.82 Å². The van der Waals surface area contributed by atoms with Crippen LogP contribution in [0.3, 0.4) is 0 Å². The van der Waals surface area contributed by atoms with Gasteiger partial charge in [-0.25, -0.2) is 9.40 Å². The molecule has 0 saturated carbocycles. The third-order valence-corrected chi connectivity index (χ3v) is 5.98. The van der Waals surface area contributed by atoms with E-state index in [1.54, 1.807) is 12.1 Å². The van der Waals surface area contributed by atoms with Gasteiger partial charge in [0.05, 0.1) is 22.3 Å². The molecule has 5 rings (SSSR count). The Labute approximate surface area is 175 Å². The normalized spacial score (nSPS) is 20.2. The molecular formula is C22H15BrClFN2O. The third kappa shape index (κ3) is 2.90. The molecule has 0 aliphatic carbocycles. The molecule has 3 aromatic carbocycles. The Balaban J connectivity index is 1.63. The SMILES string of the molecule is Fc1cccc(Cl)c1C1Oc2ccccc2C2CC(c3ccc(Br)cc3)=NN21. The van der Waals surface area contributed by atoms with Crippen LogP contribution < -0.4 is 4.74 Å². The number of ether oxygens (including phenoxy) is 1. The summed E-state index contributed by atoms with van der Waals surface area (Å²) in [7, 11) is 0. The molecule has 0 bridgehead atoms. The van der Waals surface area contributed by atoms with Gasteiger partial charge in [-0.3, -0.25) is 0 Å². The van der Waals surface area contributed by atoms with Gasteiger partial charge in [-0.2, -0.15) is 5.10 Å². The lowest BCUT2D eigenvalue weighted by atomic mass is 9.96. The van der Waals surface area contributed by atoms with E-state index >= 15 is 0 Å². The number of fused-ring (bicyclic) bond motifs is 3. The maximum absolute atomic E-state index is 14.7. The Morgan fingerprint density at radius 2 is 1.82 bits per heavy atom. The molecule has 2 aliphatic rings. The van der Waals surface area contributed by atoms with Gasteiger partial charge in [0, 0.05) is 16.5 Å². The fraction of sp³-hybridized carbons (Fsp3) is 0.136. The third-order valence-electron chi connectivity index (χ3n) is 5.12. The molecule has 0 spiro atoms. The summed E-state index contributed by atoms with van der Waals surface area (Å²) in [5.74, 6) is 0.336. The first-order chi connectivity index (χ1) is 13.6. The minimum Gasteiger partial charge on any atom is -0.464 e. The number of halogens is 3. The lowest BCUT2D eigenvalue weighted by Crippen LogP contribution is -2.34. The van der Waals surface area contributed by atoms with Crippen molar-refractivity contribution in [2.45, 2.75) is 18.7 Å². The molecule has 3 aromatic rings. The Morgan fingerprint density at radius 1 is 1.04 bits per heavy atom. The zero-order valence-electron chi connectivity index (χ0n) is 14.6. The van der Waals surface area contributed by atoms with Gasteiger partial charge in [-0.05, 0) is 35.9 Å². The molecular weight excluding hydrogens is 443 g/mol. The summed E-state index contributed by atoms with van der Waals surface area (Å²) in [6.07, 6.45) is -0.00791. The van der Waals surface area contributed by atoms with Gasteiger partial charge in [0.1, 0.15) is 11.6 Å². The molecule has 2 aliphatic heterocycles. The molecule has 0 N–H and O–H groups in total. The van der Waals surface area contributed by atoms with Crippen molar-refractivity contribution in [1.29, 1.82) is 0 Å². The molecule has 2 heterocycles. The van der Waals surface area contributed by atoms with E-state index in [2.05, 4.69) is 15.9 Å². The van der Waals surface area contributed by atoms with Gasteiger partial charge in [-0.1, -0.05) is 63.9 Å². The molecule has 28 heavy (non-hydrogen) atoms. The Kier molecular flexibility index (Phi) is 4.37. The molecule has 0 saturated heterocycles. The minimum atomic E-state index is -0.721. The van der Waals surface area contributed by atoms with Crippen LogP contribution in [0.4, 0.5) is 4.39 Å². The number of hydrogen-bond acceptors (Lipinski definition) is 3. The zero-order chi connectivity index (χ0) is 19.3. The van der Waals surface area contributed by atoms with Gasteiger partial charge in [0.25, 0.3) is 0 Å². The highest BCUT2D eigenvalue weighted by molar-refractivity contribution is 9.10. The van der Waals surface area contributed by atoms with Gasteiger partial charge in [0.15, 0.2) is 0 Å². The van der Waals surface area contributed by atoms with Crippen molar-refractivity contribution < 1.29 is 9.13 Å². The summed E-state index contributed by atoms with van der Waals surface area (Å²) < 4.78 is 21.9. The smallest absolute Gasteiger partial charge is 0.218 e. The van der Waals surface area contributed by atoms with E-state index < -0.39 is 12.0 Å². The van der Waals surface area contributed by atoms with Crippen LogP contribution >= 0.6 is 27.5 Å². The van der Waals surface area contributed by atoms with E-state index in [9.17, 15) is 4.39 Å². The number of para-hydroxylation sites is 1. The fourth-order valence-electron chi connectivity index (χ4n) is 3.79.